The van der Waals surface area contributed by atoms with Crippen molar-refractivity contribution in [2.24, 2.45) is 0 Å². The fraction of sp³-hybridized carbons (Fsp3) is 0.632. The highest BCUT2D eigenvalue weighted by Gasteiger charge is 2.22. The van der Waals surface area contributed by atoms with E-state index in [9.17, 15) is 9.59 Å². The number of likely N-dealkylation sites (tertiary alicyclic amines) is 2. The topological polar surface area (TPSA) is 53.5 Å². The second-order valence-electron chi connectivity index (χ2n) is 6.82. The number of pyridine rings is 1. The molecule has 24 heavy (non-hydrogen) atoms. The maximum absolute atomic E-state index is 12.7. The van der Waals surface area contributed by atoms with Crippen molar-refractivity contribution >= 4 is 11.8 Å². The minimum Gasteiger partial charge on any atom is -0.337 e. The predicted octanol–water partition coefficient (Wildman–Crippen LogP) is 3.11. The Morgan fingerprint density at radius 2 is 1.04 bits per heavy atom. The fourth-order valence-electron chi connectivity index (χ4n) is 3.54. The van der Waals surface area contributed by atoms with Crippen molar-refractivity contribution in [2.45, 2.75) is 51.4 Å². The molecule has 0 aromatic carbocycles. The zero-order valence-electron chi connectivity index (χ0n) is 14.4. The van der Waals surface area contributed by atoms with Crippen LogP contribution >= 0.6 is 0 Å². The van der Waals surface area contributed by atoms with Gasteiger partial charge in [-0.05, 0) is 37.8 Å². The molecule has 0 radical (unpaired) electrons. The van der Waals surface area contributed by atoms with Crippen molar-refractivity contribution in [3.8, 4) is 0 Å². The molecular weight excluding hydrogens is 302 g/mol. The summed E-state index contributed by atoms with van der Waals surface area (Å²) in [5.41, 5.74) is 0.801. The van der Waals surface area contributed by atoms with Crippen LogP contribution in [0, 0.1) is 0 Å². The number of hydrogen-bond acceptors (Lipinski definition) is 3. The van der Waals surface area contributed by atoms with Crippen LogP contribution in [-0.4, -0.2) is 52.8 Å². The highest BCUT2D eigenvalue weighted by molar-refractivity contribution is 5.96. The Morgan fingerprint density at radius 3 is 1.42 bits per heavy atom. The van der Waals surface area contributed by atoms with E-state index in [1.165, 1.54) is 25.7 Å². The summed E-state index contributed by atoms with van der Waals surface area (Å²) >= 11 is 0. The minimum atomic E-state index is -0.0394. The molecule has 2 fully saturated rings. The summed E-state index contributed by atoms with van der Waals surface area (Å²) in [5.74, 6) is -0.0789. The Hall–Kier alpha value is -1.91. The number of nitrogens with zero attached hydrogens (tertiary/aromatic N) is 3. The summed E-state index contributed by atoms with van der Waals surface area (Å²) in [6.07, 6.45) is 8.96. The van der Waals surface area contributed by atoms with E-state index in [1.807, 2.05) is 9.80 Å². The van der Waals surface area contributed by atoms with Gasteiger partial charge in [-0.25, -0.2) is 4.98 Å². The molecule has 0 unspecified atom stereocenters. The van der Waals surface area contributed by atoms with E-state index in [0.29, 0.717) is 11.4 Å². The van der Waals surface area contributed by atoms with Crippen LogP contribution in [-0.2, 0) is 0 Å². The first kappa shape index (κ1) is 16.9. The van der Waals surface area contributed by atoms with Gasteiger partial charge in [0.05, 0.1) is 0 Å². The van der Waals surface area contributed by atoms with Crippen molar-refractivity contribution in [3.63, 3.8) is 0 Å². The summed E-state index contributed by atoms with van der Waals surface area (Å²) in [6, 6.07) is 5.24. The molecule has 0 saturated carbocycles. The zero-order chi connectivity index (χ0) is 16.8. The normalized spacial score (nSPS) is 19.5. The quantitative estimate of drug-likeness (QED) is 0.838. The lowest BCUT2D eigenvalue weighted by molar-refractivity contribution is 0.0748. The lowest BCUT2D eigenvalue weighted by Crippen LogP contribution is -2.34. The summed E-state index contributed by atoms with van der Waals surface area (Å²) < 4.78 is 0. The Morgan fingerprint density at radius 1 is 0.667 bits per heavy atom. The van der Waals surface area contributed by atoms with E-state index in [0.717, 1.165) is 51.9 Å². The molecule has 130 valence electrons. The first-order valence-electron chi connectivity index (χ1n) is 9.31. The third-order valence-corrected chi connectivity index (χ3v) is 4.97. The van der Waals surface area contributed by atoms with Crippen LogP contribution < -0.4 is 0 Å². The van der Waals surface area contributed by atoms with Crippen LogP contribution in [0.3, 0.4) is 0 Å². The number of carbonyl (C=O) groups is 2. The monoisotopic (exact) mass is 329 g/mol. The number of rotatable bonds is 2. The maximum Gasteiger partial charge on any atom is 0.272 e. The van der Waals surface area contributed by atoms with Crippen LogP contribution in [0.4, 0.5) is 0 Å². The van der Waals surface area contributed by atoms with Crippen molar-refractivity contribution < 1.29 is 9.59 Å². The van der Waals surface area contributed by atoms with Gasteiger partial charge in [-0.1, -0.05) is 31.7 Å². The van der Waals surface area contributed by atoms with Gasteiger partial charge in [-0.15, -0.1) is 0 Å². The lowest BCUT2D eigenvalue weighted by Gasteiger charge is -2.21. The van der Waals surface area contributed by atoms with Crippen molar-refractivity contribution in [1.29, 1.82) is 0 Å². The maximum atomic E-state index is 12.7. The molecule has 3 heterocycles. The number of amides is 2. The van der Waals surface area contributed by atoms with Gasteiger partial charge in [-0.2, -0.15) is 0 Å². The standard InChI is InChI=1S/C19H27N3O2/c23-18(21-12-5-1-2-6-13-21)16-10-9-11-17(20-16)19(24)22-14-7-3-4-8-15-22/h9-11H,1-8,12-15H2. The summed E-state index contributed by atoms with van der Waals surface area (Å²) in [4.78, 5) is 33.6. The third kappa shape index (κ3) is 4.13. The van der Waals surface area contributed by atoms with E-state index in [1.54, 1.807) is 18.2 Å². The molecule has 0 atom stereocenters. The third-order valence-electron chi connectivity index (χ3n) is 4.97. The zero-order valence-corrected chi connectivity index (χ0v) is 14.4. The van der Waals surface area contributed by atoms with Gasteiger partial charge in [0.25, 0.3) is 11.8 Å². The van der Waals surface area contributed by atoms with Crippen LogP contribution in [0.25, 0.3) is 0 Å². The van der Waals surface area contributed by atoms with Crippen LogP contribution in [0.15, 0.2) is 18.2 Å². The molecular formula is C19H27N3O2. The molecule has 2 amide bonds. The molecule has 5 heteroatoms. The second-order valence-corrected chi connectivity index (χ2v) is 6.82. The van der Waals surface area contributed by atoms with Crippen molar-refractivity contribution in [1.82, 2.24) is 14.8 Å². The highest BCUT2D eigenvalue weighted by Crippen LogP contribution is 2.15. The van der Waals surface area contributed by atoms with E-state index in [4.69, 9.17) is 0 Å². The lowest BCUT2D eigenvalue weighted by atomic mass is 10.2. The average Bonchev–Trinajstić information content (AvgIpc) is 3.05. The van der Waals surface area contributed by atoms with Gasteiger partial charge < -0.3 is 9.80 Å². The Labute approximate surface area is 144 Å². The predicted molar refractivity (Wildman–Crippen MR) is 93.0 cm³/mol. The van der Waals surface area contributed by atoms with Crippen molar-refractivity contribution in [3.05, 3.63) is 29.6 Å². The Kier molecular flexibility index (Phi) is 5.83. The second kappa shape index (κ2) is 8.27. The molecule has 1 aromatic rings. The van der Waals surface area contributed by atoms with Gasteiger partial charge in [0.15, 0.2) is 0 Å². The average molecular weight is 329 g/mol. The largest absolute Gasteiger partial charge is 0.337 e. The Balaban J connectivity index is 1.73. The molecule has 2 aliphatic heterocycles. The summed E-state index contributed by atoms with van der Waals surface area (Å²) in [6.45, 7) is 3.19. The molecule has 0 bridgehead atoms. The minimum absolute atomic E-state index is 0.0394. The van der Waals surface area contributed by atoms with Gasteiger partial charge >= 0.3 is 0 Å². The molecule has 2 saturated heterocycles. The van der Waals surface area contributed by atoms with Crippen LogP contribution in [0.5, 0.6) is 0 Å². The Bertz CT molecular complexity index is 524. The summed E-state index contributed by atoms with van der Waals surface area (Å²) in [5, 5.41) is 0. The number of carbonyl (C=O) groups excluding carboxylic acids is 2. The first-order valence-corrected chi connectivity index (χ1v) is 9.31. The van der Waals surface area contributed by atoms with Gasteiger partial charge in [0, 0.05) is 26.2 Å². The molecule has 0 aliphatic carbocycles. The molecule has 0 spiro atoms. The highest BCUT2D eigenvalue weighted by atomic mass is 16.2. The first-order chi connectivity index (χ1) is 11.8. The van der Waals surface area contributed by atoms with Gasteiger partial charge in [0.1, 0.15) is 11.4 Å². The molecule has 1 aromatic heterocycles. The van der Waals surface area contributed by atoms with Crippen LogP contribution in [0.1, 0.15) is 72.3 Å². The molecule has 5 nitrogen and oxygen atoms in total. The SMILES string of the molecule is O=C(c1cccc(C(=O)N2CCCCCC2)n1)N1CCCCCC1. The van der Waals surface area contributed by atoms with Gasteiger partial charge in [0.2, 0.25) is 0 Å². The van der Waals surface area contributed by atoms with Crippen molar-refractivity contribution in [2.75, 3.05) is 26.2 Å². The molecule has 0 N–H and O–H groups in total. The molecule has 3 rings (SSSR count). The molecule has 2 aliphatic rings. The van der Waals surface area contributed by atoms with E-state index < -0.39 is 0 Å². The van der Waals surface area contributed by atoms with E-state index in [2.05, 4.69) is 4.98 Å². The number of aromatic nitrogens is 1. The number of hydrogen-bond donors (Lipinski definition) is 0. The fourth-order valence-corrected chi connectivity index (χ4v) is 3.54. The smallest absolute Gasteiger partial charge is 0.272 e. The van der Waals surface area contributed by atoms with Gasteiger partial charge in [-0.3, -0.25) is 9.59 Å². The summed E-state index contributed by atoms with van der Waals surface area (Å²) in [7, 11) is 0. The van der Waals surface area contributed by atoms with E-state index in [-0.39, 0.29) is 11.8 Å². The van der Waals surface area contributed by atoms with Crippen LogP contribution in [0.2, 0.25) is 0 Å². The van der Waals surface area contributed by atoms with E-state index >= 15 is 0 Å².